The molecule has 196 valence electrons. The van der Waals surface area contributed by atoms with E-state index in [1.54, 1.807) is 6.07 Å². The van der Waals surface area contributed by atoms with Crippen LogP contribution in [-0.2, 0) is 24.9 Å². The van der Waals surface area contributed by atoms with Crippen molar-refractivity contribution in [2.24, 2.45) is 0 Å². The first kappa shape index (κ1) is 27.0. The van der Waals surface area contributed by atoms with Crippen molar-refractivity contribution in [3.8, 4) is 0 Å². The number of imidazole rings is 1. The monoisotopic (exact) mass is 569 g/mol. The van der Waals surface area contributed by atoms with Crippen molar-refractivity contribution >= 4 is 43.8 Å². The van der Waals surface area contributed by atoms with Gasteiger partial charge in [-0.2, -0.15) is 9.97 Å². The number of benzene rings is 1. The summed E-state index contributed by atoms with van der Waals surface area (Å²) in [5.74, 6) is -1.70. The Morgan fingerprint density at radius 2 is 2.00 bits per heavy atom. The minimum atomic E-state index is -4.87. The molecular formula is C18H20ClF2N5O8P2. The number of aliphatic hydroxyl groups excluding tert-OH is 1. The fourth-order valence-electron chi connectivity index (χ4n) is 3.56. The summed E-state index contributed by atoms with van der Waals surface area (Å²) in [6.07, 6.45) is -5.66. The van der Waals surface area contributed by atoms with Crippen molar-refractivity contribution in [1.82, 2.24) is 19.5 Å². The Hall–Kier alpha value is -2.06. The number of fused-ring (bicyclic) bond motifs is 1. The zero-order valence-corrected chi connectivity index (χ0v) is 20.6. The highest BCUT2D eigenvalue weighted by atomic mass is 35.5. The molecule has 1 aliphatic heterocycles. The number of nitrogens with one attached hydrogen (secondary N) is 1. The second kappa shape index (κ2) is 10.4. The van der Waals surface area contributed by atoms with Gasteiger partial charge in [0.15, 0.2) is 35.3 Å². The number of hydrogen-bond donors (Lipinski definition) is 5. The Kier molecular flexibility index (Phi) is 7.77. The Labute approximate surface area is 206 Å². The lowest BCUT2D eigenvalue weighted by Crippen LogP contribution is -2.31. The Balaban J connectivity index is 1.52. The van der Waals surface area contributed by atoms with E-state index in [0.29, 0.717) is 5.56 Å². The first-order valence-corrected chi connectivity index (χ1v) is 14.1. The largest absolute Gasteiger partial charge is 0.387 e. The number of aliphatic hydroxyl groups is 1. The molecule has 3 heterocycles. The van der Waals surface area contributed by atoms with Crippen LogP contribution in [0.2, 0.25) is 5.28 Å². The van der Waals surface area contributed by atoms with Crippen molar-refractivity contribution in [1.29, 1.82) is 0 Å². The Morgan fingerprint density at radius 1 is 1.25 bits per heavy atom. The lowest BCUT2D eigenvalue weighted by Gasteiger charge is -2.18. The fraction of sp³-hybridized carbons (Fsp3) is 0.389. The van der Waals surface area contributed by atoms with Crippen LogP contribution in [0, 0.1) is 5.82 Å². The van der Waals surface area contributed by atoms with Gasteiger partial charge in [0.25, 0.3) is 0 Å². The molecule has 0 spiro atoms. The van der Waals surface area contributed by atoms with Gasteiger partial charge in [-0.3, -0.25) is 13.7 Å². The predicted molar refractivity (Wildman–Crippen MR) is 122 cm³/mol. The predicted octanol–water partition coefficient (Wildman–Crippen LogP) is 2.16. The van der Waals surface area contributed by atoms with E-state index in [-0.39, 0.29) is 28.8 Å². The third kappa shape index (κ3) is 6.25. The first-order valence-electron chi connectivity index (χ1n) is 10.2. The number of rotatable bonds is 9. The highest BCUT2D eigenvalue weighted by Crippen LogP contribution is 2.55. The third-order valence-electron chi connectivity index (χ3n) is 5.11. The van der Waals surface area contributed by atoms with Gasteiger partial charge < -0.3 is 34.4 Å². The first-order chi connectivity index (χ1) is 16.8. The molecule has 5 atom stereocenters. The molecule has 4 rings (SSSR count). The highest BCUT2D eigenvalue weighted by molar-refractivity contribution is 7.70. The van der Waals surface area contributed by atoms with Crippen LogP contribution >= 0.6 is 26.8 Å². The van der Waals surface area contributed by atoms with Gasteiger partial charge in [0.05, 0.1) is 12.9 Å². The Morgan fingerprint density at radius 3 is 2.69 bits per heavy atom. The minimum absolute atomic E-state index is 0.0347. The number of alkyl halides is 1. The summed E-state index contributed by atoms with van der Waals surface area (Å²) >= 11 is 6.02. The number of aromatic nitrogens is 4. The van der Waals surface area contributed by atoms with Gasteiger partial charge in [-0.15, -0.1) is 0 Å². The number of ether oxygens (including phenoxy) is 1. The molecule has 5 N–H and O–H groups in total. The van der Waals surface area contributed by atoms with Crippen LogP contribution in [0.5, 0.6) is 0 Å². The molecule has 0 saturated carbocycles. The van der Waals surface area contributed by atoms with E-state index >= 15 is 0 Å². The summed E-state index contributed by atoms with van der Waals surface area (Å²) in [5, 5.41) is 13.0. The van der Waals surface area contributed by atoms with Crippen LogP contribution in [0.25, 0.3) is 11.2 Å². The summed E-state index contributed by atoms with van der Waals surface area (Å²) in [6.45, 7) is -0.665. The van der Waals surface area contributed by atoms with E-state index in [9.17, 15) is 27.9 Å². The van der Waals surface area contributed by atoms with Crippen molar-refractivity contribution in [3.63, 3.8) is 0 Å². The van der Waals surface area contributed by atoms with E-state index in [4.69, 9.17) is 26.1 Å². The van der Waals surface area contributed by atoms with E-state index in [1.807, 2.05) is 0 Å². The van der Waals surface area contributed by atoms with E-state index in [1.165, 1.54) is 24.5 Å². The maximum absolute atomic E-state index is 15.0. The van der Waals surface area contributed by atoms with Crippen LogP contribution in [0.4, 0.5) is 14.6 Å². The van der Waals surface area contributed by atoms with Crippen molar-refractivity contribution in [2.75, 3.05) is 17.8 Å². The van der Waals surface area contributed by atoms with Crippen LogP contribution < -0.4 is 5.32 Å². The average Bonchev–Trinajstić information content (AvgIpc) is 3.30. The Bertz CT molecular complexity index is 1360. The van der Waals surface area contributed by atoms with E-state index < -0.39 is 58.1 Å². The van der Waals surface area contributed by atoms with Gasteiger partial charge in [-0.25, -0.2) is 13.8 Å². The summed E-state index contributed by atoms with van der Waals surface area (Å²) in [6, 6.07) is 5.84. The highest BCUT2D eigenvalue weighted by Gasteiger charge is 2.47. The second-order valence-electron chi connectivity index (χ2n) is 7.89. The maximum atomic E-state index is 15.0. The van der Waals surface area contributed by atoms with Crippen LogP contribution in [-0.4, -0.2) is 70.2 Å². The van der Waals surface area contributed by atoms with Crippen LogP contribution in [0.3, 0.4) is 0 Å². The molecule has 1 aromatic carbocycles. The molecular weight excluding hydrogens is 550 g/mol. The molecule has 0 amide bonds. The zero-order chi connectivity index (χ0) is 26.3. The summed E-state index contributed by atoms with van der Waals surface area (Å²) in [5.41, 5.74) is 0.806. The smallest absolute Gasteiger partial charge is 0.340 e. The van der Waals surface area contributed by atoms with Crippen LogP contribution in [0.1, 0.15) is 11.8 Å². The molecule has 36 heavy (non-hydrogen) atoms. The molecule has 18 heteroatoms. The standard InChI is InChI=1S/C18H20ClF2N5O8P2/c19-18-24-15(22-5-9-2-1-3-10(20)4-9)13-16(25-18)26(7-23-13)17-12(21)14(27)11(34-17)6-33-36(31,32)8-35(28,29)30/h1-4,7,11-12,14,17,27H,5-6,8H2,(H,31,32)(H,22,24,25)(H2,28,29,30)/t11-,12+,14-,17-/m1/s1. The number of hydrogen-bond acceptors (Lipinski definition) is 9. The molecule has 13 nitrogen and oxygen atoms in total. The van der Waals surface area contributed by atoms with E-state index in [2.05, 4.69) is 24.8 Å². The number of anilines is 1. The lowest BCUT2D eigenvalue weighted by molar-refractivity contribution is -0.0425. The molecule has 1 saturated heterocycles. The summed E-state index contributed by atoms with van der Waals surface area (Å²) in [4.78, 5) is 39.6. The van der Waals surface area contributed by atoms with Gasteiger partial charge >= 0.3 is 15.2 Å². The molecule has 1 unspecified atom stereocenters. The molecule has 0 radical (unpaired) electrons. The SMILES string of the molecule is O=P(O)(O)CP(=O)(O)OC[C@H]1O[C@@H](n2cnc3c(NCc4cccc(F)c4)nc(Cl)nc32)[C@@H](F)[C@@H]1O. The number of nitrogens with zero attached hydrogens (tertiary/aromatic N) is 4. The molecule has 1 aliphatic rings. The normalized spacial score (nSPS) is 24.2. The second-order valence-corrected chi connectivity index (χ2v) is 12.2. The van der Waals surface area contributed by atoms with Crippen molar-refractivity contribution in [3.05, 3.63) is 47.3 Å². The van der Waals surface area contributed by atoms with Gasteiger partial charge in [0.2, 0.25) is 5.28 Å². The summed E-state index contributed by atoms with van der Waals surface area (Å²) < 4.78 is 62.5. The van der Waals surface area contributed by atoms with Crippen LogP contribution in [0.15, 0.2) is 30.6 Å². The van der Waals surface area contributed by atoms with Gasteiger partial charge in [0.1, 0.15) is 18.0 Å². The summed E-state index contributed by atoms with van der Waals surface area (Å²) in [7, 11) is -9.62. The van der Waals surface area contributed by atoms with Crippen molar-refractivity contribution in [2.45, 2.75) is 31.2 Å². The molecule has 0 bridgehead atoms. The maximum Gasteiger partial charge on any atom is 0.340 e. The van der Waals surface area contributed by atoms with Gasteiger partial charge in [-0.05, 0) is 29.3 Å². The average molecular weight is 570 g/mol. The van der Waals surface area contributed by atoms with Crippen molar-refractivity contribution < 1.29 is 47.0 Å². The lowest BCUT2D eigenvalue weighted by atomic mass is 10.1. The quantitative estimate of drug-likeness (QED) is 0.187. The third-order valence-corrected chi connectivity index (χ3v) is 8.74. The minimum Gasteiger partial charge on any atom is -0.387 e. The van der Waals surface area contributed by atoms with Gasteiger partial charge in [0, 0.05) is 6.54 Å². The van der Waals surface area contributed by atoms with E-state index in [0.717, 1.165) is 4.57 Å². The number of halogens is 3. The molecule has 1 fully saturated rings. The fourth-order valence-corrected chi connectivity index (χ4v) is 6.29. The van der Waals surface area contributed by atoms with Gasteiger partial charge in [-0.1, -0.05) is 12.1 Å². The molecule has 2 aromatic heterocycles. The topological polar surface area (TPSA) is 189 Å². The zero-order valence-electron chi connectivity index (χ0n) is 18.1. The molecule has 3 aromatic rings. The molecule has 0 aliphatic carbocycles.